The maximum absolute atomic E-state index is 14.4. The summed E-state index contributed by atoms with van der Waals surface area (Å²) in [5.41, 5.74) is 1.71. The van der Waals surface area contributed by atoms with Crippen LogP contribution in [-0.4, -0.2) is 47.4 Å². The maximum atomic E-state index is 14.4. The van der Waals surface area contributed by atoms with E-state index in [1.165, 1.54) is 4.68 Å². The molecule has 2 aromatic heterocycles. The topological polar surface area (TPSA) is 92.3 Å². The van der Waals surface area contributed by atoms with E-state index in [9.17, 15) is 14.5 Å². The lowest BCUT2D eigenvalue weighted by Crippen LogP contribution is -2.42. The molecule has 0 N–H and O–H groups in total. The highest BCUT2D eigenvalue weighted by Crippen LogP contribution is 2.38. The van der Waals surface area contributed by atoms with Crippen LogP contribution in [0.25, 0.3) is 5.69 Å². The molecule has 2 heterocycles. The van der Waals surface area contributed by atoms with Crippen molar-refractivity contribution in [1.29, 1.82) is 0 Å². The van der Waals surface area contributed by atoms with Crippen molar-refractivity contribution in [3.8, 4) is 11.6 Å². The molecule has 11 heteroatoms. The summed E-state index contributed by atoms with van der Waals surface area (Å²) in [6.07, 6.45) is 0.253. The van der Waals surface area contributed by atoms with Gasteiger partial charge in [0.15, 0.2) is 19.1 Å². The van der Waals surface area contributed by atoms with Crippen LogP contribution in [0.4, 0.5) is 10.1 Å². The van der Waals surface area contributed by atoms with E-state index >= 15 is 0 Å². The first-order chi connectivity index (χ1) is 13.7. The van der Waals surface area contributed by atoms with Crippen LogP contribution in [0.3, 0.4) is 0 Å². The van der Waals surface area contributed by atoms with Crippen LogP contribution in [0.1, 0.15) is 32.0 Å². The van der Waals surface area contributed by atoms with Gasteiger partial charge in [-0.2, -0.15) is 0 Å². The quantitative estimate of drug-likeness (QED) is 0.276. The lowest BCUT2D eigenvalue weighted by molar-refractivity contribution is -0.386. The number of rotatable bonds is 8. The van der Waals surface area contributed by atoms with E-state index in [1.807, 2.05) is 20.0 Å². The second-order valence-electron chi connectivity index (χ2n) is 8.71. The van der Waals surface area contributed by atoms with Gasteiger partial charge in [-0.05, 0) is 59.5 Å². The Labute approximate surface area is 185 Å². The predicted molar refractivity (Wildman–Crippen MR) is 119 cm³/mol. The summed E-state index contributed by atoms with van der Waals surface area (Å²) in [5, 5.41) is 15.7. The fourth-order valence-corrected chi connectivity index (χ4v) is 3.97. The Bertz CT molecular complexity index is 930. The monoisotopic (exact) mass is 502 g/mol. The molecule has 0 fully saturated rings. The van der Waals surface area contributed by atoms with Crippen molar-refractivity contribution in [3.05, 3.63) is 38.2 Å². The van der Waals surface area contributed by atoms with Gasteiger partial charge in [-0.25, -0.2) is 9.07 Å². The third kappa shape index (κ3) is 5.44. The van der Waals surface area contributed by atoms with Gasteiger partial charge in [0.1, 0.15) is 6.61 Å². The average molecular weight is 503 g/mol. The molecule has 0 aliphatic rings. The molecular weight excluding hydrogens is 475 g/mol. The van der Waals surface area contributed by atoms with E-state index in [0.717, 1.165) is 5.56 Å². The van der Waals surface area contributed by atoms with Crippen molar-refractivity contribution in [3.63, 3.8) is 0 Å². The summed E-state index contributed by atoms with van der Waals surface area (Å²) >= 11 is 3.22. The largest absolute Gasteiger partial charge is 0.469 e. The molecule has 0 spiro atoms. The van der Waals surface area contributed by atoms with Crippen LogP contribution >= 0.6 is 15.9 Å². The van der Waals surface area contributed by atoms with Gasteiger partial charge >= 0.3 is 11.6 Å². The van der Waals surface area contributed by atoms with Crippen molar-refractivity contribution in [2.75, 3.05) is 13.2 Å². The zero-order valence-corrected chi connectivity index (χ0v) is 20.9. The molecule has 0 aromatic carbocycles. The molecule has 0 saturated carbocycles. The van der Waals surface area contributed by atoms with Gasteiger partial charge in [0.25, 0.3) is 0 Å². The van der Waals surface area contributed by atoms with E-state index in [0.29, 0.717) is 11.4 Å². The first-order valence-electron chi connectivity index (χ1n) is 9.52. The molecular formula is C19H28BrFN4O4Si. The van der Waals surface area contributed by atoms with Gasteiger partial charge in [-0.3, -0.25) is 15.1 Å². The first kappa shape index (κ1) is 24.4. The van der Waals surface area contributed by atoms with Gasteiger partial charge in [-0.15, -0.1) is 5.10 Å². The molecule has 8 nitrogen and oxygen atoms in total. The Morgan fingerprint density at radius 3 is 2.53 bits per heavy atom. The Kier molecular flexibility index (Phi) is 7.41. The zero-order chi connectivity index (χ0) is 22.9. The zero-order valence-electron chi connectivity index (χ0n) is 18.3. The SMILES string of the molecule is Cc1cnc(C)c(-n2nc(OCC(F)CO[Si](C)(C)C(C)(C)C)c([N+](=O)[O-])c2Br)c1. The number of nitro groups is 1. The van der Waals surface area contributed by atoms with Crippen LogP contribution in [0.2, 0.25) is 18.1 Å². The third-order valence-electron chi connectivity index (χ3n) is 5.21. The minimum atomic E-state index is -2.10. The Balaban J connectivity index is 2.20. The fourth-order valence-electron chi connectivity index (χ4n) is 2.35. The van der Waals surface area contributed by atoms with Gasteiger partial charge in [0.05, 0.1) is 22.9 Å². The smallest absolute Gasteiger partial charge is 0.364 e. The minimum absolute atomic E-state index is 0.0459. The number of halogens is 2. The van der Waals surface area contributed by atoms with Crippen molar-refractivity contribution in [2.24, 2.45) is 0 Å². The van der Waals surface area contributed by atoms with Gasteiger partial charge in [0, 0.05) is 6.20 Å². The number of pyridine rings is 1. The van der Waals surface area contributed by atoms with Crippen molar-refractivity contribution in [1.82, 2.24) is 14.8 Å². The molecule has 0 bridgehead atoms. The first-order valence-corrected chi connectivity index (χ1v) is 13.2. The number of alkyl halides is 1. The number of hydrogen-bond acceptors (Lipinski definition) is 6. The lowest BCUT2D eigenvalue weighted by atomic mass is 10.2. The van der Waals surface area contributed by atoms with E-state index in [2.05, 4.69) is 46.8 Å². The third-order valence-corrected chi connectivity index (χ3v) is 10.4. The summed E-state index contributed by atoms with van der Waals surface area (Å²) in [6.45, 7) is 13.4. The molecule has 0 aliphatic heterocycles. The molecule has 1 atom stereocenters. The summed E-state index contributed by atoms with van der Waals surface area (Å²) in [7, 11) is -2.10. The second kappa shape index (κ2) is 9.11. The highest BCUT2D eigenvalue weighted by molar-refractivity contribution is 9.10. The Hall–Kier alpha value is -1.85. The van der Waals surface area contributed by atoms with Crippen molar-refractivity contribution < 1.29 is 18.5 Å². The normalized spacial score (nSPS) is 13.4. The molecule has 1 unspecified atom stereocenters. The van der Waals surface area contributed by atoms with Crippen molar-refractivity contribution >= 4 is 29.9 Å². The molecule has 30 heavy (non-hydrogen) atoms. The summed E-state index contributed by atoms with van der Waals surface area (Å²) < 4.78 is 27.1. The van der Waals surface area contributed by atoms with Crippen molar-refractivity contribution in [2.45, 2.75) is 58.9 Å². The number of aromatic nitrogens is 3. The Morgan fingerprint density at radius 2 is 1.97 bits per heavy atom. The molecule has 0 amide bonds. The van der Waals surface area contributed by atoms with E-state index in [1.54, 1.807) is 19.2 Å². The number of aryl methyl sites for hydroxylation is 2. The van der Waals surface area contributed by atoms with Crippen LogP contribution in [0.15, 0.2) is 16.9 Å². The Morgan fingerprint density at radius 1 is 1.33 bits per heavy atom. The second-order valence-corrected chi connectivity index (χ2v) is 14.3. The highest BCUT2D eigenvalue weighted by Gasteiger charge is 2.38. The number of nitrogens with zero attached hydrogens (tertiary/aromatic N) is 4. The van der Waals surface area contributed by atoms with Crippen LogP contribution in [0.5, 0.6) is 5.88 Å². The van der Waals surface area contributed by atoms with Crippen LogP contribution in [0, 0.1) is 24.0 Å². The fraction of sp³-hybridized carbons (Fsp3) is 0.579. The lowest BCUT2D eigenvalue weighted by Gasteiger charge is -2.36. The summed E-state index contributed by atoms with van der Waals surface area (Å²) in [6, 6.07) is 1.80. The molecule has 2 aromatic rings. The average Bonchev–Trinajstić information content (AvgIpc) is 2.95. The molecule has 0 radical (unpaired) electrons. The number of ether oxygens (including phenoxy) is 1. The van der Waals surface area contributed by atoms with E-state index in [4.69, 9.17) is 9.16 Å². The van der Waals surface area contributed by atoms with Gasteiger partial charge < -0.3 is 9.16 Å². The minimum Gasteiger partial charge on any atom is -0.469 e. The molecule has 0 aliphatic carbocycles. The summed E-state index contributed by atoms with van der Waals surface area (Å²) in [5.74, 6) is -0.261. The molecule has 0 saturated heterocycles. The van der Waals surface area contributed by atoms with E-state index in [-0.39, 0.29) is 27.8 Å². The van der Waals surface area contributed by atoms with Gasteiger partial charge in [0.2, 0.25) is 0 Å². The van der Waals surface area contributed by atoms with Crippen LogP contribution in [-0.2, 0) is 4.43 Å². The maximum Gasteiger partial charge on any atom is 0.364 e. The molecule has 2 rings (SSSR count). The summed E-state index contributed by atoms with van der Waals surface area (Å²) in [4.78, 5) is 15.2. The van der Waals surface area contributed by atoms with Gasteiger partial charge in [-0.1, -0.05) is 20.8 Å². The van der Waals surface area contributed by atoms with Crippen LogP contribution < -0.4 is 4.74 Å². The number of hydrogen-bond donors (Lipinski definition) is 0. The molecule has 166 valence electrons. The van der Waals surface area contributed by atoms with E-state index < -0.39 is 26.0 Å². The predicted octanol–water partition coefficient (Wildman–Crippen LogP) is 5.29. The highest BCUT2D eigenvalue weighted by atomic mass is 79.9. The standard InChI is InChI=1S/C19H28BrFN4O4Si/c1-12-8-15(13(2)22-9-12)24-17(20)16(25(26)27)18(23-24)28-10-14(21)11-29-30(6,7)19(3,4)5/h8-9,14H,10-11H2,1-7H3.